The maximum Gasteiger partial charge on any atom is 0.122 e. The summed E-state index contributed by atoms with van der Waals surface area (Å²) in [7, 11) is 0. The molecule has 0 amide bonds. The molecule has 1 saturated heterocycles. The zero-order valence-corrected chi connectivity index (χ0v) is 12.9. The number of ether oxygens (including phenoxy) is 1. The van der Waals surface area contributed by atoms with Crippen LogP contribution in [0.4, 0.5) is 0 Å². The Morgan fingerprint density at radius 3 is 2.82 bits per heavy atom. The van der Waals surface area contributed by atoms with Gasteiger partial charge >= 0.3 is 0 Å². The lowest BCUT2D eigenvalue weighted by atomic mass is 10.1. The van der Waals surface area contributed by atoms with Crippen molar-refractivity contribution >= 4 is 0 Å². The molecular formula is C18H22N2O2. The zero-order valence-electron chi connectivity index (χ0n) is 12.9. The van der Waals surface area contributed by atoms with E-state index in [9.17, 15) is 5.11 Å². The number of nitrogens with zero attached hydrogens (tertiary/aromatic N) is 2. The molecule has 1 N–H and O–H groups in total. The summed E-state index contributed by atoms with van der Waals surface area (Å²) >= 11 is 0. The van der Waals surface area contributed by atoms with Crippen LogP contribution in [0.3, 0.4) is 0 Å². The molecule has 0 bridgehead atoms. The molecule has 0 spiro atoms. The molecule has 3 rings (SSSR count). The first kappa shape index (κ1) is 15.0. The monoisotopic (exact) mass is 298 g/mol. The number of benzene rings is 1. The van der Waals surface area contributed by atoms with E-state index in [1.807, 2.05) is 49.4 Å². The third-order valence-corrected chi connectivity index (χ3v) is 4.11. The Labute approximate surface area is 131 Å². The molecule has 1 atom stereocenters. The highest BCUT2D eigenvalue weighted by Crippen LogP contribution is 2.25. The van der Waals surface area contributed by atoms with Gasteiger partial charge in [0.05, 0.1) is 5.69 Å². The van der Waals surface area contributed by atoms with Gasteiger partial charge in [-0.05, 0) is 37.1 Å². The predicted octanol–water partition coefficient (Wildman–Crippen LogP) is 2.41. The lowest BCUT2D eigenvalue weighted by Gasteiger charge is -2.24. The third kappa shape index (κ3) is 3.64. The Morgan fingerprint density at radius 2 is 2.05 bits per heavy atom. The highest BCUT2D eigenvalue weighted by Gasteiger charge is 2.37. The van der Waals surface area contributed by atoms with Crippen molar-refractivity contribution in [2.45, 2.75) is 25.5 Å². The second-order valence-corrected chi connectivity index (χ2v) is 6.06. The fourth-order valence-corrected chi connectivity index (χ4v) is 2.84. The van der Waals surface area contributed by atoms with Crippen LogP contribution in [0.5, 0.6) is 5.75 Å². The van der Waals surface area contributed by atoms with Gasteiger partial charge in [-0.3, -0.25) is 9.88 Å². The van der Waals surface area contributed by atoms with Gasteiger partial charge in [0.25, 0.3) is 0 Å². The lowest BCUT2D eigenvalue weighted by Crippen LogP contribution is -2.39. The number of para-hydroxylation sites is 1. The SMILES string of the molecule is Cc1ccccc1OCC1(O)CCN(Cc2ccccn2)C1. The minimum Gasteiger partial charge on any atom is -0.490 e. The van der Waals surface area contributed by atoms with E-state index in [0.717, 1.165) is 36.5 Å². The van der Waals surface area contributed by atoms with Crippen LogP contribution in [0.15, 0.2) is 48.7 Å². The zero-order chi connectivity index (χ0) is 15.4. The number of pyridine rings is 1. The van der Waals surface area contributed by atoms with Crippen LogP contribution in [0.1, 0.15) is 17.7 Å². The largest absolute Gasteiger partial charge is 0.490 e. The molecule has 1 aliphatic heterocycles. The first-order chi connectivity index (χ1) is 10.6. The fourth-order valence-electron chi connectivity index (χ4n) is 2.84. The minimum atomic E-state index is -0.781. The molecule has 4 nitrogen and oxygen atoms in total. The van der Waals surface area contributed by atoms with E-state index in [4.69, 9.17) is 4.74 Å². The standard InChI is InChI=1S/C18H22N2O2/c1-15-6-2-3-8-17(15)22-14-18(21)9-11-20(13-18)12-16-7-4-5-10-19-16/h2-8,10,21H,9,11-14H2,1H3. The van der Waals surface area contributed by atoms with Crippen LogP contribution in [0.2, 0.25) is 0 Å². The van der Waals surface area contributed by atoms with Gasteiger partial charge in [0, 0.05) is 25.8 Å². The summed E-state index contributed by atoms with van der Waals surface area (Å²) < 4.78 is 5.83. The van der Waals surface area contributed by atoms with Gasteiger partial charge in [-0.25, -0.2) is 0 Å². The number of likely N-dealkylation sites (tertiary alicyclic amines) is 1. The Bertz CT molecular complexity index is 617. The van der Waals surface area contributed by atoms with Crippen LogP contribution in [0, 0.1) is 6.92 Å². The smallest absolute Gasteiger partial charge is 0.122 e. The molecule has 1 aliphatic rings. The van der Waals surface area contributed by atoms with Gasteiger partial charge in [0.15, 0.2) is 0 Å². The molecule has 22 heavy (non-hydrogen) atoms. The Balaban J connectivity index is 1.55. The molecule has 1 unspecified atom stereocenters. The van der Waals surface area contributed by atoms with E-state index in [2.05, 4.69) is 9.88 Å². The topological polar surface area (TPSA) is 45.6 Å². The van der Waals surface area contributed by atoms with Crippen molar-refractivity contribution < 1.29 is 9.84 Å². The second-order valence-electron chi connectivity index (χ2n) is 6.06. The highest BCUT2D eigenvalue weighted by atomic mass is 16.5. The molecule has 116 valence electrons. The number of hydrogen-bond acceptors (Lipinski definition) is 4. The van der Waals surface area contributed by atoms with Crippen molar-refractivity contribution in [3.63, 3.8) is 0 Å². The molecule has 2 heterocycles. The van der Waals surface area contributed by atoms with Gasteiger partial charge in [-0.2, -0.15) is 0 Å². The number of aryl methyl sites for hydroxylation is 1. The number of aromatic nitrogens is 1. The average molecular weight is 298 g/mol. The van der Waals surface area contributed by atoms with E-state index in [0.29, 0.717) is 13.2 Å². The molecule has 1 fully saturated rings. The fraction of sp³-hybridized carbons (Fsp3) is 0.389. The third-order valence-electron chi connectivity index (χ3n) is 4.11. The van der Waals surface area contributed by atoms with Crippen LogP contribution < -0.4 is 4.74 Å². The average Bonchev–Trinajstić information content (AvgIpc) is 2.89. The summed E-state index contributed by atoms with van der Waals surface area (Å²) in [6.45, 7) is 4.60. The number of rotatable bonds is 5. The van der Waals surface area contributed by atoms with E-state index < -0.39 is 5.60 Å². The molecule has 4 heteroatoms. The van der Waals surface area contributed by atoms with E-state index in [1.54, 1.807) is 6.20 Å². The quantitative estimate of drug-likeness (QED) is 0.921. The first-order valence-electron chi connectivity index (χ1n) is 7.68. The number of aliphatic hydroxyl groups is 1. The van der Waals surface area contributed by atoms with Crippen molar-refractivity contribution in [1.82, 2.24) is 9.88 Å². The molecule has 0 saturated carbocycles. The Kier molecular flexibility index (Phi) is 4.41. The van der Waals surface area contributed by atoms with Crippen molar-refractivity contribution in [1.29, 1.82) is 0 Å². The van der Waals surface area contributed by atoms with Gasteiger partial charge in [0.1, 0.15) is 18.0 Å². The van der Waals surface area contributed by atoms with Gasteiger partial charge in [0.2, 0.25) is 0 Å². The van der Waals surface area contributed by atoms with Gasteiger partial charge in [-0.15, -0.1) is 0 Å². The summed E-state index contributed by atoms with van der Waals surface area (Å²) in [4.78, 5) is 6.57. The van der Waals surface area contributed by atoms with Crippen LogP contribution in [-0.4, -0.2) is 40.3 Å². The maximum atomic E-state index is 10.7. The predicted molar refractivity (Wildman–Crippen MR) is 85.8 cm³/mol. The molecular weight excluding hydrogens is 276 g/mol. The first-order valence-corrected chi connectivity index (χ1v) is 7.68. The van der Waals surface area contributed by atoms with Crippen molar-refractivity contribution in [2.24, 2.45) is 0 Å². The molecule has 1 aromatic heterocycles. The Morgan fingerprint density at radius 1 is 1.23 bits per heavy atom. The molecule has 0 radical (unpaired) electrons. The van der Waals surface area contributed by atoms with Gasteiger partial charge < -0.3 is 9.84 Å². The normalized spacial score (nSPS) is 21.9. The van der Waals surface area contributed by atoms with Crippen molar-refractivity contribution in [3.8, 4) is 5.75 Å². The van der Waals surface area contributed by atoms with E-state index in [-0.39, 0.29) is 0 Å². The second kappa shape index (κ2) is 6.46. The summed E-state index contributed by atoms with van der Waals surface area (Å²) in [5.41, 5.74) is 1.35. The highest BCUT2D eigenvalue weighted by molar-refractivity contribution is 5.31. The Hall–Kier alpha value is -1.91. The van der Waals surface area contributed by atoms with Crippen LogP contribution in [-0.2, 0) is 6.54 Å². The number of hydrogen-bond donors (Lipinski definition) is 1. The molecule has 1 aromatic carbocycles. The maximum absolute atomic E-state index is 10.7. The van der Waals surface area contributed by atoms with Crippen LogP contribution >= 0.6 is 0 Å². The van der Waals surface area contributed by atoms with Crippen LogP contribution in [0.25, 0.3) is 0 Å². The van der Waals surface area contributed by atoms with Crippen molar-refractivity contribution in [2.75, 3.05) is 19.7 Å². The summed E-state index contributed by atoms with van der Waals surface area (Å²) in [5.74, 6) is 0.846. The van der Waals surface area contributed by atoms with E-state index >= 15 is 0 Å². The van der Waals surface area contributed by atoms with E-state index in [1.165, 1.54) is 0 Å². The summed E-state index contributed by atoms with van der Waals surface area (Å²) in [5, 5.41) is 10.7. The molecule has 2 aromatic rings. The minimum absolute atomic E-state index is 0.330. The number of β-amino-alcohol motifs (C(OH)–C–C–N with tert-alkyl or cyclic N) is 1. The van der Waals surface area contributed by atoms with Gasteiger partial charge in [-0.1, -0.05) is 24.3 Å². The summed E-state index contributed by atoms with van der Waals surface area (Å²) in [6.07, 6.45) is 2.53. The van der Waals surface area contributed by atoms with Crippen molar-refractivity contribution in [3.05, 3.63) is 59.9 Å². The lowest BCUT2D eigenvalue weighted by molar-refractivity contribution is 0.00312. The molecule has 0 aliphatic carbocycles. The summed E-state index contributed by atoms with van der Waals surface area (Å²) in [6, 6.07) is 13.8.